The average molecular weight is 283 g/mol. The third-order valence-electron chi connectivity index (χ3n) is 2.65. The number of nitro groups is 1. The Morgan fingerprint density at radius 3 is 2.65 bits per heavy atom. The van der Waals surface area contributed by atoms with Crippen molar-refractivity contribution in [1.29, 1.82) is 0 Å². The maximum absolute atomic E-state index is 12.0. The molecule has 0 radical (unpaired) electrons. The van der Waals surface area contributed by atoms with Crippen LogP contribution in [0.3, 0.4) is 0 Å². The zero-order valence-corrected chi connectivity index (χ0v) is 10.8. The number of carbonyl (C=O) groups is 2. The fourth-order valence-corrected chi connectivity index (χ4v) is 1.51. The van der Waals surface area contributed by atoms with Crippen LogP contribution >= 0.6 is 0 Å². The Kier molecular flexibility index (Phi) is 4.57. The van der Waals surface area contributed by atoms with Crippen LogP contribution < -0.4 is 5.56 Å². The Bertz CT molecular complexity index is 608. The molecule has 0 saturated carbocycles. The van der Waals surface area contributed by atoms with E-state index in [0.29, 0.717) is 0 Å². The van der Waals surface area contributed by atoms with Gasteiger partial charge in [0, 0.05) is 19.7 Å². The van der Waals surface area contributed by atoms with Crippen LogP contribution in [0, 0.1) is 16.0 Å². The molecule has 1 aromatic rings. The number of nitrogens with zero attached hydrogens (tertiary/aromatic N) is 2. The number of aromatic amines is 1. The highest BCUT2D eigenvalue weighted by atomic mass is 16.6. The van der Waals surface area contributed by atoms with Crippen LogP contribution in [0.25, 0.3) is 0 Å². The van der Waals surface area contributed by atoms with Gasteiger partial charge in [0.1, 0.15) is 5.56 Å². The summed E-state index contributed by atoms with van der Waals surface area (Å²) in [7, 11) is 1.32. The van der Waals surface area contributed by atoms with Crippen LogP contribution in [0.4, 0.5) is 5.69 Å². The summed E-state index contributed by atoms with van der Waals surface area (Å²) >= 11 is 0. The Labute approximate surface area is 113 Å². The van der Waals surface area contributed by atoms with Crippen LogP contribution in [0.1, 0.15) is 17.3 Å². The number of hydrogen-bond acceptors (Lipinski definition) is 5. The second kappa shape index (κ2) is 5.95. The third kappa shape index (κ3) is 3.40. The van der Waals surface area contributed by atoms with E-state index in [1.54, 1.807) is 0 Å². The molecule has 2 N–H and O–H groups in total. The quantitative estimate of drug-likeness (QED) is 0.580. The summed E-state index contributed by atoms with van der Waals surface area (Å²) in [6.45, 7) is 1.29. The number of amides is 1. The maximum Gasteiger partial charge on any atom is 0.308 e. The molecule has 0 fully saturated rings. The van der Waals surface area contributed by atoms with Crippen molar-refractivity contribution in [2.24, 2.45) is 5.92 Å². The first-order valence-electron chi connectivity index (χ1n) is 5.59. The number of carboxylic acids is 1. The smallest absolute Gasteiger partial charge is 0.308 e. The van der Waals surface area contributed by atoms with Gasteiger partial charge < -0.3 is 15.0 Å². The van der Waals surface area contributed by atoms with Crippen molar-refractivity contribution in [3.05, 3.63) is 38.3 Å². The van der Waals surface area contributed by atoms with Crippen molar-refractivity contribution in [3.63, 3.8) is 0 Å². The van der Waals surface area contributed by atoms with Gasteiger partial charge >= 0.3 is 5.97 Å². The molecule has 0 saturated heterocycles. The van der Waals surface area contributed by atoms with Gasteiger partial charge in [-0.2, -0.15) is 0 Å². The minimum absolute atomic E-state index is 0.115. The summed E-state index contributed by atoms with van der Waals surface area (Å²) in [6.07, 6.45) is 0.888. The van der Waals surface area contributed by atoms with E-state index >= 15 is 0 Å². The molecule has 0 aliphatic rings. The number of aromatic nitrogens is 1. The van der Waals surface area contributed by atoms with Gasteiger partial charge in [-0.1, -0.05) is 6.92 Å². The van der Waals surface area contributed by atoms with Gasteiger partial charge in [0.05, 0.1) is 17.0 Å². The van der Waals surface area contributed by atoms with Crippen molar-refractivity contribution in [2.75, 3.05) is 13.6 Å². The second-order valence-corrected chi connectivity index (χ2v) is 4.28. The molecule has 1 unspecified atom stereocenters. The standard InChI is InChI=1S/C11H13N3O6/c1-6(11(17)18)5-13(2)10(16)8-3-7(14(19)20)4-12-9(8)15/h3-4,6H,5H2,1-2H3,(H,12,15)(H,17,18). The van der Waals surface area contributed by atoms with Crippen LogP contribution in [-0.2, 0) is 4.79 Å². The van der Waals surface area contributed by atoms with E-state index in [4.69, 9.17) is 5.11 Å². The van der Waals surface area contributed by atoms with Crippen LogP contribution in [0.15, 0.2) is 17.1 Å². The Hall–Kier alpha value is -2.71. The van der Waals surface area contributed by atoms with E-state index in [-0.39, 0.29) is 6.54 Å². The molecule has 1 aromatic heterocycles. The van der Waals surface area contributed by atoms with Crippen LogP contribution in [-0.4, -0.2) is 45.4 Å². The molecule has 0 aliphatic heterocycles. The summed E-state index contributed by atoms with van der Waals surface area (Å²) in [5, 5.41) is 19.4. The molecular weight excluding hydrogens is 270 g/mol. The predicted octanol–water partition coefficient (Wildman–Crippen LogP) is 0.0758. The number of carboxylic acid groups (broad SMARTS) is 1. The van der Waals surface area contributed by atoms with Gasteiger partial charge in [-0.05, 0) is 0 Å². The van der Waals surface area contributed by atoms with Crippen molar-refractivity contribution in [3.8, 4) is 0 Å². The zero-order chi connectivity index (χ0) is 15.4. The fourth-order valence-electron chi connectivity index (χ4n) is 1.51. The van der Waals surface area contributed by atoms with Gasteiger partial charge in [0.15, 0.2) is 0 Å². The number of carbonyl (C=O) groups excluding carboxylic acids is 1. The molecule has 108 valence electrons. The van der Waals surface area contributed by atoms with Crippen molar-refractivity contribution in [1.82, 2.24) is 9.88 Å². The van der Waals surface area contributed by atoms with E-state index in [1.807, 2.05) is 0 Å². The summed E-state index contributed by atoms with van der Waals surface area (Å²) in [4.78, 5) is 47.2. The summed E-state index contributed by atoms with van der Waals surface area (Å²) in [5.74, 6) is -2.68. The van der Waals surface area contributed by atoms with Crippen molar-refractivity contribution in [2.45, 2.75) is 6.92 Å². The summed E-state index contributed by atoms with van der Waals surface area (Å²) in [5.41, 5.74) is -1.60. The van der Waals surface area contributed by atoms with Gasteiger partial charge in [-0.3, -0.25) is 24.5 Å². The average Bonchev–Trinajstić information content (AvgIpc) is 2.37. The summed E-state index contributed by atoms with van der Waals surface area (Å²) < 4.78 is 0. The van der Waals surface area contributed by atoms with Crippen LogP contribution in [0.2, 0.25) is 0 Å². The molecule has 1 heterocycles. The minimum Gasteiger partial charge on any atom is -0.481 e. The lowest BCUT2D eigenvalue weighted by Crippen LogP contribution is -2.36. The molecule has 1 amide bonds. The highest BCUT2D eigenvalue weighted by Crippen LogP contribution is 2.10. The Morgan fingerprint density at radius 2 is 2.15 bits per heavy atom. The van der Waals surface area contributed by atoms with Gasteiger partial charge in [-0.15, -0.1) is 0 Å². The van der Waals surface area contributed by atoms with E-state index in [0.717, 1.165) is 17.2 Å². The third-order valence-corrected chi connectivity index (χ3v) is 2.65. The number of pyridine rings is 1. The van der Waals surface area contributed by atoms with Gasteiger partial charge in [0.25, 0.3) is 17.2 Å². The maximum atomic E-state index is 12.0. The molecule has 9 nitrogen and oxygen atoms in total. The van der Waals surface area contributed by atoms with E-state index in [1.165, 1.54) is 14.0 Å². The molecule has 9 heteroatoms. The molecule has 1 atom stereocenters. The molecule has 20 heavy (non-hydrogen) atoms. The second-order valence-electron chi connectivity index (χ2n) is 4.28. The largest absolute Gasteiger partial charge is 0.481 e. The van der Waals surface area contributed by atoms with Crippen molar-refractivity contribution >= 4 is 17.6 Å². The SMILES string of the molecule is CC(CN(C)C(=O)c1cc([N+](=O)[O-])c[nH]c1=O)C(=O)O. The minimum atomic E-state index is -1.09. The van der Waals surface area contributed by atoms with E-state index in [2.05, 4.69) is 4.98 Å². The van der Waals surface area contributed by atoms with E-state index in [9.17, 15) is 24.5 Å². The first kappa shape index (κ1) is 15.3. The molecule has 0 spiro atoms. The fraction of sp³-hybridized carbons (Fsp3) is 0.364. The molecule has 0 bridgehead atoms. The predicted molar refractivity (Wildman–Crippen MR) is 67.5 cm³/mol. The first-order valence-corrected chi connectivity index (χ1v) is 5.59. The number of H-pyrrole nitrogens is 1. The number of hydrogen-bond donors (Lipinski definition) is 2. The van der Waals surface area contributed by atoms with Crippen LogP contribution in [0.5, 0.6) is 0 Å². The lowest BCUT2D eigenvalue weighted by molar-refractivity contribution is -0.385. The van der Waals surface area contributed by atoms with Crippen molar-refractivity contribution < 1.29 is 19.6 Å². The zero-order valence-electron chi connectivity index (χ0n) is 10.8. The lowest BCUT2D eigenvalue weighted by atomic mass is 10.1. The highest BCUT2D eigenvalue weighted by Gasteiger charge is 2.22. The molecular formula is C11H13N3O6. The molecule has 1 rings (SSSR count). The summed E-state index contributed by atoms with van der Waals surface area (Å²) in [6, 6.07) is 0.864. The molecule has 0 aliphatic carbocycles. The van der Waals surface area contributed by atoms with Gasteiger partial charge in [-0.25, -0.2) is 0 Å². The van der Waals surface area contributed by atoms with E-state index < -0.39 is 39.5 Å². The Morgan fingerprint density at radius 1 is 1.55 bits per heavy atom. The number of nitrogens with one attached hydrogen (secondary N) is 1. The first-order chi connectivity index (χ1) is 9.23. The monoisotopic (exact) mass is 283 g/mol. The number of aliphatic carboxylic acids is 1. The topological polar surface area (TPSA) is 134 Å². The number of rotatable bonds is 5. The molecule has 0 aromatic carbocycles. The Balaban J connectivity index is 3.02. The lowest BCUT2D eigenvalue weighted by Gasteiger charge is -2.18. The van der Waals surface area contributed by atoms with Gasteiger partial charge in [0.2, 0.25) is 0 Å². The highest BCUT2D eigenvalue weighted by molar-refractivity contribution is 5.94. The normalized spacial score (nSPS) is 11.7.